The summed E-state index contributed by atoms with van der Waals surface area (Å²) in [5, 5.41) is 9.67. The van der Waals surface area contributed by atoms with Gasteiger partial charge < -0.3 is 9.64 Å². The Bertz CT molecular complexity index is 822. The van der Waals surface area contributed by atoms with Crippen LogP contribution in [-0.2, 0) is 9.53 Å². The molecule has 0 spiro atoms. The molecule has 2 heterocycles. The lowest BCUT2D eigenvalue weighted by molar-refractivity contribution is -0.145. The average Bonchev–Trinajstić information content (AvgIpc) is 2.67. The Morgan fingerprint density at radius 3 is 2.46 bits per heavy atom. The van der Waals surface area contributed by atoms with Crippen LogP contribution in [0.1, 0.15) is 44.7 Å². The van der Waals surface area contributed by atoms with Gasteiger partial charge in [0.1, 0.15) is 5.69 Å². The third-order valence-corrected chi connectivity index (χ3v) is 4.43. The molecule has 0 amide bonds. The Hall–Kier alpha value is -2.68. The van der Waals surface area contributed by atoms with Gasteiger partial charge in [-0.3, -0.25) is 4.79 Å². The van der Waals surface area contributed by atoms with Gasteiger partial charge in [-0.25, -0.2) is 9.97 Å². The number of esters is 1. The van der Waals surface area contributed by atoms with Crippen molar-refractivity contribution in [3.8, 4) is 6.07 Å². The van der Waals surface area contributed by atoms with Crippen LogP contribution in [-0.4, -0.2) is 35.6 Å². The van der Waals surface area contributed by atoms with E-state index in [0.29, 0.717) is 17.0 Å². The molecular formula is C20H24N4O2. The van der Waals surface area contributed by atoms with Crippen LogP contribution in [0.3, 0.4) is 0 Å². The summed E-state index contributed by atoms with van der Waals surface area (Å²) >= 11 is 0. The Morgan fingerprint density at radius 1 is 1.19 bits per heavy atom. The Kier molecular flexibility index (Phi) is 5.67. The highest BCUT2D eigenvalue weighted by Gasteiger charge is 2.30. The number of aromatic nitrogens is 2. The van der Waals surface area contributed by atoms with Gasteiger partial charge in [0.05, 0.1) is 23.7 Å². The van der Waals surface area contributed by atoms with Crippen molar-refractivity contribution >= 4 is 22.8 Å². The lowest BCUT2D eigenvalue weighted by atomic mass is 10.0. The molecule has 1 atom stereocenters. The van der Waals surface area contributed by atoms with Gasteiger partial charge in [-0.15, -0.1) is 0 Å². The lowest BCUT2D eigenvalue weighted by Crippen LogP contribution is -2.32. The van der Waals surface area contributed by atoms with Gasteiger partial charge >= 0.3 is 5.97 Å². The molecule has 0 aliphatic carbocycles. The smallest absolute Gasteiger partial charge is 0.329 e. The van der Waals surface area contributed by atoms with Crippen LogP contribution in [0.15, 0.2) is 24.3 Å². The first-order valence-corrected chi connectivity index (χ1v) is 9.18. The fraction of sp³-hybridized carbons (Fsp3) is 0.500. The number of ether oxygens (including phenoxy) is 1. The standard InChI is InChI=1S/C20H24N4O2/c1-14(2)13-26-20(25)15(12-21)18-19(24-10-6-3-7-11-24)23-17-9-5-4-8-16(17)22-18/h4-5,8-9,14-15H,3,6-7,10-11,13H2,1-2H3. The van der Waals surface area contributed by atoms with Gasteiger partial charge in [-0.1, -0.05) is 26.0 Å². The maximum Gasteiger partial charge on any atom is 0.329 e. The van der Waals surface area contributed by atoms with Crippen LogP contribution in [0, 0.1) is 17.2 Å². The molecular weight excluding hydrogens is 328 g/mol. The van der Waals surface area contributed by atoms with Crippen molar-refractivity contribution in [2.24, 2.45) is 5.92 Å². The highest BCUT2D eigenvalue weighted by atomic mass is 16.5. The van der Waals surface area contributed by atoms with E-state index in [1.165, 1.54) is 6.42 Å². The molecule has 1 aromatic heterocycles. The van der Waals surface area contributed by atoms with Crippen LogP contribution in [0.25, 0.3) is 11.0 Å². The van der Waals surface area contributed by atoms with Gasteiger partial charge in [0.15, 0.2) is 11.7 Å². The number of hydrogen-bond donors (Lipinski definition) is 0. The first-order chi connectivity index (χ1) is 12.6. The van der Waals surface area contributed by atoms with Crippen molar-refractivity contribution in [2.75, 3.05) is 24.6 Å². The minimum Gasteiger partial charge on any atom is -0.464 e. The van der Waals surface area contributed by atoms with Crippen molar-refractivity contribution in [2.45, 2.75) is 39.0 Å². The normalized spacial score (nSPS) is 15.7. The van der Waals surface area contributed by atoms with E-state index in [-0.39, 0.29) is 12.5 Å². The third kappa shape index (κ3) is 3.93. The molecule has 0 radical (unpaired) electrons. The largest absolute Gasteiger partial charge is 0.464 e. The van der Waals surface area contributed by atoms with Crippen molar-refractivity contribution < 1.29 is 9.53 Å². The number of rotatable bonds is 5. The molecule has 1 fully saturated rings. The van der Waals surface area contributed by atoms with E-state index in [0.717, 1.165) is 31.4 Å². The van der Waals surface area contributed by atoms with Crippen molar-refractivity contribution in [3.63, 3.8) is 0 Å². The quantitative estimate of drug-likeness (QED) is 0.767. The summed E-state index contributed by atoms with van der Waals surface area (Å²) in [6.45, 7) is 5.93. The zero-order valence-corrected chi connectivity index (χ0v) is 15.3. The Morgan fingerprint density at radius 2 is 1.85 bits per heavy atom. The minimum atomic E-state index is -1.07. The first kappa shape index (κ1) is 18.1. The molecule has 26 heavy (non-hydrogen) atoms. The molecule has 1 aliphatic heterocycles. The first-order valence-electron chi connectivity index (χ1n) is 9.18. The SMILES string of the molecule is CC(C)COC(=O)C(C#N)c1nc2ccccc2nc1N1CCCCC1. The summed E-state index contributed by atoms with van der Waals surface area (Å²) < 4.78 is 5.32. The monoisotopic (exact) mass is 352 g/mol. The van der Waals surface area contributed by atoms with E-state index in [1.54, 1.807) is 0 Å². The number of hydrogen-bond acceptors (Lipinski definition) is 6. The van der Waals surface area contributed by atoms with E-state index in [1.807, 2.05) is 38.1 Å². The van der Waals surface area contributed by atoms with Gasteiger partial charge in [-0.2, -0.15) is 5.26 Å². The predicted octanol–water partition coefficient (Wildman–Crippen LogP) is 3.43. The maximum absolute atomic E-state index is 12.5. The number of anilines is 1. The van der Waals surface area contributed by atoms with E-state index in [2.05, 4.69) is 16.0 Å². The molecule has 1 unspecified atom stereocenters. The average molecular weight is 352 g/mol. The van der Waals surface area contributed by atoms with Crippen LogP contribution in [0.5, 0.6) is 0 Å². The van der Waals surface area contributed by atoms with Crippen LogP contribution < -0.4 is 4.90 Å². The summed E-state index contributed by atoms with van der Waals surface area (Å²) in [7, 11) is 0. The molecule has 3 rings (SSSR count). The summed E-state index contributed by atoms with van der Waals surface area (Å²) in [6.07, 6.45) is 3.33. The second-order valence-corrected chi connectivity index (χ2v) is 7.05. The summed E-state index contributed by atoms with van der Waals surface area (Å²) in [5.41, 5.74) is 1.85. The topological polar surface area (TPSA) is 79.1 Å². The zero-order valence-electron chi connectivity index (χ0n) is 15.3. The van der Waals surface area contributed by atoms with Gasteiger partial charge in [-0.05, 0) is 37.3 Å². The zero-order chi connectivity index (χ0) is 18.5. The molecule has 1 aliphatic rings. The highest BCUT2D eigenvalue weighted by molar-refractivity contribution is 5.85. The predicted molar refractivity (Wildman–Crippen MR) is 99.8 cm³/mol. The van der Waals surface area contributed by atoms with E-state index in [4.69, 9.17) is 9.72 Å². The Balaban J connectivity index is 2.03. The summed E-state index contributed by atoms with van der Waals surface area (Å²) in [5.74, 6) is -0.772. The molecule has 2 aromatic rings. The number of carbonyl (C=O) groups is 1. The van der Waals surface area contributed by atoms with Gasteiger partial charge in [0.2, 0.25) is 0 Å². The number of fused-ring (bicyclic) bond motifs is 1. The van der Waals surface area contributed by atoms with E-state index >= 15 is 0 Å². The number of benzene rings is 1. The maximum atomic E-state index is 12.5. The fourth-order valence-corrected chi connectivity index (χ4v) is 3.09. The highest BCUT2D eigenvalue weighted by Crippen LogP contribution is 2.29. The van der Waals surface area contributed by atoms with Crippen molar-refractivity contribution in [1.29, 1.82) is 5.26 Å². The number of para-hydroxylation sites is 2. The Labute approximate surface area is 153 Å². The van der Waals surface area contributed by atoms with Crippen molar-refractivity contribution in [1.82, 2.24) is 9.97 Å². The van der Waals surface area contributed by atoms with Gasteiger partial charge in [0.25, 0.3) is 0 Å². The van der Waals surface area contributed by atoms with E-state index in [9.17, 15) is 10.1 Å². The molecule has 0 N–H and O–H groups in total. The van der Waals surface area contributed by atoms with Crippen LogP contribution >= 0.6 is 0 Å². The molecule has 136 valence electrons. The number of nitriles is 1. The minimum absolute atomic E-state index is 0.211. The summed E-state index contributed by atoms with van der Waals surface area (Å²) in [4.78, 5) is 24.0. The van der Waals surface area contributed by atoms with Gasteiger partial charge in [0, 0.05) is 13.1 Å². The number of piperidine rings is 1. The van der Waals surface area contributed by atoms with Crippen LogP contribution in [0.4, 0.5) is 5.82 Å². The number of nitrogens with zero attached hydrogens (tertiary/aromatic N) is 4. The van der Waals surface area contributed by atoms with Crippen LogP contribution in [0.2, 0.25) is 0 Å². The molecule has 6 nitrogen and oxygen atoms in total. The molecule has 0 saturated carbocycles. The molecule has 1 aromatic carbocycles. The van der Waals surface area contributed by atoms with E-state index < -0.39 is 11.9 Å². The summed E-state index contributed by atoms with van der Waals surface area (Å²) in [6, 6.07) is 9.62. The second-order valence-electron chi connectivity index (χ2n) is 7.05. The second kappa shape index (κ2) is 8.13. The molecule has 0 bridgehead atoms. The fourth-order valence-electron chi connectivity index (χ4n) is 3.09. The molecule has 1 saturated heterocycles. The number of carbonyl (C=O) groups excluding carboxylic acids is 1. The van der Waals surface area contributed by atoms with Crippen molar-refractivity contribution in [3.05, 3.63) is 30.0 Å². The lowest BCUT2D eigenvalue weighted by Gasteiger charge is -2.29. The molecule has 6 heteroatoms. The third-order valence-electron chi connectivity index (χ3n) is 4.43.